The molecule has 194 valence electrons. The topological polar surface area (TPSA) is 103 Å². The number of nitrogens with one attached hydrogen (secondary N) is 3. The van der Waals surface area contributed by atoms with Crippen LogP contribution < -0.4 is 19.8 Å². The Labute approximate surface area is 209 Å². The Morgan fingerprint density at radius 3 is 2.14 bits per heavy atom. The van der Waals surface area contributed by atoms with Crippen molar-refractivity contribution < 1.29 is 50.4 Å². The normalized spacial score (nSPS) is 12.4. The van der Waals surface area contributed by atoms with Gasteiger partial charge in [0.1, 0.15) is 5.97 Å². The quantitative estimate of drug-likeness (QED) is 0.304. The van der Waals surface area contributed by atoms with E-state index in [1.165, 1.54) is 18.3 Å². The molecule has 0 saturated carbocycles. The maximum absolute atomic E-state index is 13.6. The number of fused-ring (bicyclic) bond motifs is 1. The Kier molecular flexibility index (Phi) is 8.06. The lowest BCUT2D eigenvalue weighted by molar-refractivity contribution is -0.498. The number of aromatic amines is 2. The lowest BCUT2D eigenvalue weighted by atomic mass is 10.1. The van der Waals surface area contributed by atoms with E-state index < -0.39 is 30.3 Å². The first-order chi connectivity index (χ1) is 17.3. The van der Waals surface area contributed by atoms with Crippen LogP contribution in [0.2, 0.25) is 5.02 Å². The number of amides is 1. The Morgan fingerprint density at radius 1 is 0.973 bits per heavy atom. The molecule has 3 aromatic heterocycles. The SMILES string of the molecule is O=C(NC(c1cccc[nH+]1)C(F)(F)F)c1[nH]c(-c2ccc(Cl)cc2)[n+]2ccccc12.O=C([O-])C(F)(F)F. The molecule has 0 spiro atoms. The minimum atomic E-state index is -5.19. The molecule has 0 aliphatic heterocycles. The van der Waals surface area contributed by atoms with Crippen LogP contribution in [0.5, 0.6) is 0 Å². The molecule has 4 rings (SSSR count). The number of alkyl halides is 6. The minimum Gasteiger partial charge on any atom is -0.542 e. The number of imidazole rings is 1. The second-order valence-corrected chi connectivity index (χ2v) is 7.80. The summed E-state index contributed by atoms with van der Waals surface area (Å²) in [6, 6.07) is 14.1. The summed E-state index contributed by atoms with van der Waals surface area (Å²) in [6.07, 6.45) is -6.78. The third kappa shape index (κ3) is 6.76. The van der Waals surface area contributed by atoms with Crippen LogP contribution in [-0.4, -0.2) is 29.2 Å². The van der Waals surface area contributed by atoms with Crippen molar-refractivity contribution in [2.75, 3.05) is 0 Å². The van der Waals surface area contributed by atoms with Crippen molar-refractivity contribution in [3.05, 3.63) is 89.5 Å². The first kappa shape index (κ1) is 27.5. The minimum absolute atomic E-state index is 0.0192. The van der Waals surface area contributed by atoms with E-state index >= 15 is 0 Å². The number of benzene rings is 1. The fourth-order valence-electron chi connectivity index (χ4n) is 3.20. The Hall–Kier alpha value is -4.13. The number of carbonyl (C=O) groups is 2. The number of aromatic nitrogens is 3. The number of rotatable bonds is 4. The lowest BCUT2D eigenvalue weighted by Crippen LogP contribution is -2.41. The maximum Gasteiger partial charge on any atom is 0.430 e. The van der Waals surface area contributed by atoms with Crippen molar-refractivity contribution in [2.24, 2.45) is 0 Å². The van der Waals surface area contributed by atoms with Crippen LogP contribution >= 0.6 is 11.6 Å². The van der Waals surface area contributed by atoms with Gasteiger partial charge in [0.2, 0.25) is 17.4 Å². The summed E-state index contributed by atoms with van der Waals surface area (Å²) < 4.78 is 74.2. The van der Waals surface area contributed by atoms with Crippen molar-refractivity contribution >= 4 is 29.0 Å². The average Bonchev–Trinajstić information content (AvgIpc) is 3.22. The van der Waals surface area contributed by atoms with Crippen molar-refractivity contribution in [1.29, 1.82) is 0 Å². The van der Waals surface area contributed by atoms with Gasteiger partial charge in [0.15, 0.2) is 11.7 Å². The number of H-pyrrole nitrogens is 2. The van der Waals surface area contributed by atoms with Crippen LogP contribution in [0.15, 0.2) is 73.1 Å². The molecule has 7 nitrogen and oxygen atoms in total. The molecular weight excluding hydrogens is 530 g/mol. The zero-order chi connectivity index (χ0) is 27.4. The predicted molar refractivity (Wildman–Crippen MR) is 115 cm³/mol. The van der Waals surface area contributed by atoms with Gasteiger partial charge >= 0.3 is 12.4 Å². The first-order valence-electron chi connectivity index (χ1n) is 10.2. The summed E-state index contributed by atoms with van der Waals surface area (Å²) in [7, 11) is 0. The van der Waals surface area contributed by atoms with Crippen LogP contribution in [0, 0.1) is 0 Å². The summed E-state index contributed by atoms with van der Waals surface area (Å²) >= 11 is 5.94. The summed E-state index contributed by atoms with van der Waals surface area (Å²) in [5, 5.41) is 11.4. The monoisotopic (exact) mass is 545 g/mol. The summed E-state index contributed by atoms with van der Waals surface area (Å²) in [4.78, 5) is 27.2. The zero-order valence-corrected chi connectivity index (χ0v) is 19.1. The molecule has 1 unspecified atom stereocenters. The molecule has 0 fully saturated rings. The van der Waals surface area contributed by atoms with E-state index in [0.29, 0.717) is 16.4 Å². The number of nitrogens with zero attached hydrogens (tertiary/aromatic N) is 1. The highest BCUT2D eigenvalue weighted by Crippen LogP contribution is 2.31. The fourth-order valence-corrected chi connectivity index (χ4v) is 3.33. The number of halogens is 7. The van der Waals surface area contributed by atoms with E-state index in [9.17, 15) is 31.1 Å². The van der Waals surface area contributed by atoms with Gasteiger partial charge < -0.3 is 15.2 Å². The molecule has 0 radical (unpaired) electrons. The molecule has 14 heteroatoms. The molecule has 4 aromatic rings. The number of carboxylic acids is 1. The molecule has 0 aliphatic carbocycles. The van der Waals surface area contributed by atoms with Crippen molar-refractivity contribution in [3.8, 4) is 11.4 Å². The molecular formula is C23H16ClF6N4O3+. The van der Waals surface area contributed by atoms with Gasteiger partial charge in [0, 0.05) is 17.2 Å². The molecule has 37 heavy (non-hydrogen) atoms. The first-order valence-corrected chi connectivity index (χ1v) is 10.6. The van der Waals surface area contributed by atoms with Crippen LogP contribution in [0.1, 0.15) is 22.2 Å². The van der Waals surface area contributed by atoms with Crippen LogP contribution in [-0.2, 0) is 4.79 Å². The highest BCUT2D eigenvalue weighted by atomic mass is 35.5. The maximum atomic E-state index is 13.6. The molecule has 0 bridgehead atoms. The van der Waals surface area contributed by atoms with Gasteiger partial charge in [-0.05, 0) is 36.4 Å². The van der Waals surface area contributed by atoms with Gasteiger partial charge in [-0.25, -0.2) is 9.97 Å². The largest absolute Gasteiger partial charge is 0.542 e. The van der Waals surface area contributed by atoms with E-state index in [-0.39, 0.29) is 11.4 Å². The second kappa shape index (κ2) is 10.9. The predicted octanol–water partition coefficient (Wildman–Crippen LogP) is 3.22. The van der Waals surface area contributed by atoms with Gasteiger partial charge in [0.25, 0.3) is 11.7 Å². The van der Waals surface area contributed by atoms with E-state index in [1.54, 1.807) is 59.1 Å². The van der Waals surface area contributed by atoms with Crippen molar-refractivity contribution in [2.45, 2.75) is 18.4 Å². The highest BCUT2D eigenvalue weighted by Gasteiger charge is 2.46. The molecule has 0 aliphatic rings. The number of carboxylic acid groups (broad SMARTS) is 1. The van der Waals surface area contributed by atoms with E-state index in [4.69, 9.17) is 21.5 Å². The van der Waals surface area contributed by atoms with Crippen LogP contribution in [0.4, 0.5) is 26.3 Å². The molecule has 3 heterocycles. The Balaban J connectivity index is 0.000000479. The molecule has 1 atom stereocenters. The Bertz CT molecular complexity index is 1390. The van der Waals surface area contributed by atoms with Crippen molar-refractivity contribution in [3.63, 3.8) is 0 Å². The number of aliphatic carboxylic acids is 1. The van der Waals surface area contributed by atoms with Gasteiger partial charge in [0.05, 0.1) is 11.8 Å². The fraction of sp³-hybridized carbons (Fsp3) is 0.130. The number of hydrogen-bond acceptors (Lipinski definition) is 3. The molecule has 1 aromatic carbocycles. The average molecular weight is 546 g/mol. The highest BCUT2D eigenvalue weighted by molar-refractivity contribution is 6.30. The molecule has 1 amide bonds. The lowest BCUT2D eigenvalue weighted by Gasteiger charge is -2.17. The van der Waals surface area contributed by atoms with Gasteiger partial charge in [-0.1, -0.05) is 23.7 Å². The van der Waals surface area contributed by atoms with Crippen molar-refractivity contribution in [1.82, 2.24) is 10.3 Å². The van der Waals surface area contributed by atoms with E-state index in [1.807, 2.05) is 0 Å². The summed E-state index contributed by atoms with van der Waals surface area (Å²) in [5.41, 5.74) is 1.02. The number of carbonyl (C=O) groups excluding carboxylic acids is 2. The van der Waals surface area contributed by atoms with Gasteiger partial charge in [-0.3, -0.25) is 4.79 Å². The summed E-state index contributed by atoms with van der Waals surface area (Å²) in [6.45, 7) is 0. The van der Waals surface area contributed by atoms with Gasteiger partial charge in [-0.15, -0.1) is 0 Å². The smallest absolute Gasteiger partial charge is 0.430 e. The molecule has 3 N–H and O–H groups in total. The summed E-state index contributed by atoms with van der Waals surface area (Å²) in [5.74, 6) is -3.34. The third-order valence-corrected chi connectivity index (χ3v) is 5.08. The van der Waals surface area contributed by atoms with Crippen LogP contribution in [0.25, 0.3) is 16.9 Å². The third-order valence-electron chi connectivity index (χ3n) is 4.82. The molecule has 0 saturated heterocycles. The Morgan fingerprint density at radius 2 is 1.59 bits per heavy atom. The van der Waals surface area contributed by atoms with E-state index in [2.05, 4.69) is 15.3 Å². The standard InChI is InChI=1S/C21H14ClF3N4O.C2HF3O2/c22-14-9-7-13(8-10-14)19-27-17(16-6-2-4-12-29(16)19)20(30)28-18(21(23,24)25)15-5-1-3-11-26-15;3-2(4,5)1(6)7/h1-12,18H,(H,28,30);(H,6,7)/p+1. The number of hydrogen-bond donors (Lipinski definition) is 2. The van der Waals surface area contributed by atoms with E-state index in [0.717, 1.165) is 5.56 Å². The second-order valence-electron chi connectivity index (χ2n) is 7.36. The number of pyridine rings is 2. The zero-order valence-electron chi connectivity index (χ0n) is 18.3. The van der Waals surface area contributed by atoms with Gasteiger partial charge in [-0.2, -0.15) is 30.7 Å². The van der Waals surface area contributed by atoms with Crippen LogP contribution in [0.3, 0.4) is 0 Å².